The third kappa shape index (κ3) is 2.15. The number of nitrogens with one attached hydrogen (secondary N) is 1. The van der Waals surface area contributed by atoms with Gasteiger partial charge in [0, 0.05) is 11.3 Å². The van der Waals surface area contributed by atoms with E-state index >= 15 is 0 Å². The van der Waals surface area contributed by atoms with Crippen molar-refractivity contribution in [2.45, 2.75) is 0 Å². The van der Waals surface area contributed by atoms with Crippen molar-refractivity contribution < 1.29 is 14.3 Å². The summed E-state index contributed by atoms with van der Waals surface area (Å²) >= 11 is 0. The third-order valence-corrected chi connectivity index (χ3v) is 2.52. The van der Waals surface area contributed by atoms with Crippen LogP contribution < -0.4 is 9.47 Å². The number of aromatic amines is 1. The van der Waals surface area contributed by atoms with E-state index in [0.717, 1.165) is 23.3 Å². The zero-order valence-corrected chi connectivity index (χ0v) is 9.69. The number of aldehydes is 1. The zero-order chi connectivity index (χ0) is 12.3. The second-order valence-electron chi connectivity index (χ2n) is 3.52. The Bertz CT molecular complexity index is 531. The lowest BCUT2D eigenvalue weighted by Gasteiger charge is -2.02. The fourth-order valence-electron chi connectivity index (χ4n) is 1.65. The summed E-state index contributed by atoms with van der Waals surface area (Å²) < 4.78 is 10.2. The number of hydrogen-bond acceptors (Lipinski definition) is 3. The Morgan fingerprint density at radius 3 is 2.59 bits per heavy atom. The lowest BCUT2D eigenvalue weighted by atomic mass is 10.1. The number of methoxy groups -OCH3 is 2. The highest BCUT2D eigenvalue weighted by atomic mass is 16.5. The predicted molar refractivity (Wildman–Crippen MR) is 64.7 cm³/mol. The second-order valence-corrected chi connectivity index (χ2v) is 3.52. The van der Waals surface area contributed by atoms with Crippen LogP contribution in [0.1, 0.15) is 10.4 Å². The molecule has 1 N–H and O–H groups in total. The molecule has 1 aromatic heterocycles. The molecule has 0 saturated carbocycles. The van der Waals surface area contributed by atoms with Crippen molar-refractivity contribution in [1.82, 2.24) is 4.98 Å². The van der Waals surface area contributed by atoms with Gasteiger partial charge in [-0.05, 0) is 18.2 Å². The summed E-state index contributed by atoms with van der Waals surface area (Å²) in [6, 6.07) is 9.33. The smallest absolute Gasteiger partial charge is 0.201 e. The molecule has 0 aliphatic rings. The average molecular weight is 231 g/mol. The maximum Gasteiger partial charge on any atom is 0.201 e. The molecule has 0 amide bonds. The van der Waals surface area contributed by atoms with Gasteiger partial charge in [-0.1, -0.05) is 12.1 Å². The van der Waals surface area contributed by atoms with Crippen LogP contribution in [0, 0.1) is 0 Å². The molecule has 0 fully saturated rings. The number of carbonyl (C=O) groups is 1. The van der Waals surface area contributed by atoms with Gasteiger partial charge in [-0.3, -0.25) is 4.79 Å². The van der Waals surface area contributed by atoms with E-state index in [0.29, 0.717) is 11.4 Å². The summed E-state index contributed by atoms with van der Waals surface area (Å²) in [6.45, 7) is 0. The first-order chi connectivity index (χ1) is 8.28. The molecular formula is C13H13NO3. The van der Waals surface area contributed by atoms with E-state index in [-0.39, 0.29) is 0 Å². The first kappa shape index (κ1) is 11.3. The highest BCUT2D eigenvalue weighted by Gasteiger charge is 2.09. The molecule has 2 aromatic rings. The minimum atomic E-state index is 0.470. The normalized spacial score (nSPS) is 10.0. The quantitative estimate of drug-likeness (QED) is 0.822. The number of ether oxygens (including phenoxy) is 2. The Morgan fingerprint density at radius 1 is 1.18 bits per heavy atom. The molecule has 1 heterocycles. The molecule has 0 aliphatic heterocycles. The largest absolute Gasteiger partial charge is 0.497 e. The van der Waals surface area contributed by atoms with E-state index in [4.69, 9.17) is 9.47 Å². The number of H-pyrrole nitrogens is 1. The average Bonchev–Trinajstić information content (AvgIpc) is 2.82. The van der Waals surface area contributed by atoms with Crippen LogP contribution >= 0.6 is 0 Å². The minimum absolute atomic E-state index is 0.470. The number of rotatable bonds is 4. The summed E-state index contributed by atoms with van der Waals surface area (Å²) in [5.74, 6) is 1.24. The summed E-state index contributed by atoms with van der Waals surface area (Å²) in [5.41, 5.74) is 2.27. The first-order valence-corrected chi connectivity index (χ1v) is 5.15. The predicted octanol–water partition coefficient (Wildman–Crippen LogP) is 2.51. The van der Waals surface area contributed by atoms with Crippen LogP contribution in [0.3, 0.4) is 0 Å². The minimum Gasteiger partial charge on any atom is -0.497 e. The van der Waals surface area contributed by atoms with Crippen LogP contribution in [-0.2, 0) is 0 Å². The van der Waals surface area contributed by atoms with Crippen molar-refractivity contribution in [3.63, 3.8) is 0 Å². The van der Waals surface area contributed by atoms with Crippen LogP contribution in [0.2, 0.25) is 0 Å². The van der Waals surface area contributed by atoms with Gasteiger partial charge in [-0.25, -0.2) is 0 Å². The van der Waals surface area contributed by atoms with Crippen molar-refractivity contribution in [2.75, 3.05) is 14.2 Å². The topological polar surface area (TPSA) is 51.3 Å². The van der Waals surface area contributed by atoms with E-state index in [9.17, 15) is 4.79 Å². The molecule has 88 valence electrons. The molecule has 1 aromatic carbocycles. The molecule has 0 radical (unpaired) electrons. The van der Waals surface area contributed by atoms with Crippen molar-refractivity contribution in [1.29, 1.82) is 0 Å². The highest BCUT2D eigenvalue weighted by Crippen LogP contribution is 2.27. The van der Waals surface area contributed by atoms with E-state index in [1.165, 1.54) is 7.11 Å². The summed E-state index contributed by atoms with van der Waals surface area (Å²) in [6.07, 6.45) is 0.763. The SMILES string of the molecule is COc1cccc(-c2cc(C=O)c(OC)[nH]2)c1. The van der Waals surface area contributed by atoms with Crippen molar-refractivity contribution >= 4 is 6.29 Å². The Kier molecular flexibility index (Phi) is 3.14. The lowest BCUT2D eigenvalue weighted by Crippen LogP contribution is -1.86. The molecular weight excluding hydrogens is 218 g/mol. The van der Waals surface area contributed by atoms with Crippen LogP contribution in [0.4, 0.5) is 0 Å². The zero-order valence-electron chi connectivity index (χ0n) is 9.69. The van der Waals surface area contributed by atoms with Gasteiger partial charge < -0.3 is 14.5 Å². The molecule has 0 saturated heterocycles. The van der Waals surface area contributed by atoms with Gasteiger partial charge in [0.05, 0.1) is 19.8 Å². The van der Waals surface area contributed by atoms with E-state index < -0.39 is 0 Å². The maximum atomic E-state index is 10.8. The molecule has 0 bridgehead atoms. The van der Waals surface area contributed by atoms with E-state index in [1.54, 1.807) is 13.2 Å². The third-order valence-electron chi connectivity index (χ3n) is 2.52. The van der Waals surface area contributed by atoms with Gasteiger partial charge in [0.25, 0.3) is 0 Å². The number of benzene rings is 1. The maximum absolute atomic E-state index is 10.8. The van der Waals surface area contributed by atoms with E-state index in [2.05, 4.69) is 4.98 Å². The van der Waals surface area contributed by atoms with Gasteiger partial charge >= 0.3 is 0 Å². The molecule has 0 spiro atoms. The molecule has 17 heavy (non-hydrogen) atoms. The summed E-state index contributed by atoms with van der Waals surface area (Å²) in [7, 11) is 3.14. The van der Waals surface area contributed by atoms with Gasteiger partial charge in [0.2, 0.25) is 5.88 Å². The first-order valence-electron chi connectivity index (χ1n) is 5.15. The van der Waals surface area contributed by atoms with Crippen molar-refractivity contribution in [3.05, 3.63) is 35.9 Å². The van der Waals surface area contributed by atoms with Crippen molar-refractivity contribution in [2.24, 2.45) is 0 Å². The fraction of sp³-hybridized carbons (Fsp3) is 0.154. The van der Waals surface area contributed by atoms with E-state index in [1.807, 2.05) is 24.3 Å². The Hall–Kier alpha value is -2.23. The van der Waals surface area contributed by atoms with Gasteiger partial charge in [-0.15, -0.1) is 0 Å². The van der Waals surface area contributed by atoms with Gasteiger partial charge in [0.1, 0.15) is 5.75 Å². The monoisotopic (exact) mass is 231 g/mol. The lowest BCUT2D eigenvalue weighted by molar-refractivity contribution is 0.112. The number of carbonyl (C=O) groups excluding carboxylic acids is 1. The van der Waals surface area contributed by atoms with Crippen LogP contribution in [0.25, 0.3) is 11.3 Å². The van der Waals surface area contributed by atoms with Gasteiger partial charge in [-0.2, -0.15) is 0 Å². The van der Waals surface area contributed by atoms with Crippen molar-refractivity contribution in [3.8, 4) is 22.9 Å². The molecule has 4 nitrogen and oxygen atoms in total. The summed E-state index contributed by atoms with van der Waals surface area (Å²) in [4.78, 5) is 13.9. The highest BCUT2D eigenvalue weighted by molar-refractivity contribution is 5.82. The van der Waals surface area contributed by atoms with Crippen LogP contribution in [0.5, 0.6) is 11.6 Å². The number of aromatic nitrogens is 1. The Balaban J connectivity index is 2.45. The van der Waals surface area contributed by atoms with Crippen LogP contribution in [-0.4, -0.2) is 25.5 Å². The molecule has 2 rings (SSSR count). The summed E-state index contributed by atoms with van der Waals surface area (Å²) in [5, 5.41) is 0. The standard InChI is InChI=1S/C13H13NO3/c1-16-11-5-3-4-9(6-11)12-7-10(8-15)13(14-12)17-2/h3-8,14H,1-2H3. The van der Waals surface area contributed by atoms with Gasteiger partial charge in [0.15, 0.2) is 6.29 Å². The second kappa shape index (κ2) is 4.74. The molecule has 0 aliphatic carbocycles. The molecule has 0 atom stereocenters. The fourth-order valence-corrected chi connectivity index (χ4v) is 1.65. The molecule has 4 heteroatoms. The number of hydrogen-bond donors (Lipinski definition) is 1. The van der Waals surface area contributed by atoms with Crippen LogP contribution in [0.15, 0.2) is 30.3 Å². The Labute approximate surface area is 99.2 Å². The molecule has 0 unspecified atom stereocenters. The Morgan fingerprint density at radius 2 is 2.00 bits per heavy atom.